The second kappa shape index (κ2) is 5.41. The van der Waals surface area contributed by atoms with E-state index in [1.165, 1.54) is 11.9 Å². The third-order valence-electron chi connectivity index (χ3n) is 1.24. The van der Waals surface area contributed by atoms with E-state index in [0.29, 0.717) is 0 Å². The molecule has 0 saturated carbocycles. The van der Waals surface area contributed by atoms with E-state index in [4.69, 9.17) is 0 Å². The Morgan fingerprint density at radius 2 is 2.00 bits per heavy atom. The van der Waals surface area contributed by atoms with Crippen molar-refractivity contribution in [3.05, 3.63) is 0 Å². The van der Waals surface area contributed by atoms with Crippen LogP contribution >= 0.6 is 11.9 Å². The van der Waals surface area contributed by atoms with E-state index in [1.807, 2.05) is 20.1 Å². The van der Waals surface area contributed by atoms with E-state index >= 15 is 0 Å². The van der Waals surface area contributed by atoms with Gasteiger partial charge in [-0.15, -0.1) is 0 Å². The molecule has 3 nitrogen and oxygen atoms in total. The molecule has 0 aromatic rings. The molecule has 0 spiro atoms. The minimum atomic E-state index is -0.00231. The summed E-state index contributed by atoms with van der Waals surface area (Å²) in [5.41, 5.74) is 0. The first kappa shape index (κ1) is 9.62. The lowest BCUT2D eigenvalue weighted by atomic mass is 10.5. The zero-order valence-corrected chi connectivity index (χ0v) is 7.49. The molecular weight excluding hydrogens is 148 g/mol. The molecule has 0 saturated heterocycles. The van der Waals surface area contributed by atoms with Gasteiger partial charge in [0.05, 0.1) is 0 Å². The van der Waals surface area contributed by atoms with Crippen LogP contribution in [-0.2, 0) is 0 Å². The maximum absolute atomic E-state index is 11.0. The number of nitrogens with one attached hydrogen (secondary N) is 1. The van der Waals surface area contributed by atoms with E-state index in [2.05, 4.69) is 4.72 Å². The van der Waals surface area contributed by atoms with Gasteiger partial charge in [-0.1, -0.05) is 11.9 Å². The summed E-state index contributed by atoms with van der Waals surface area (Å²) < 4.78 is 2.65. The smallest absolute Gasteiger partial charge is 0.325 e. The van der Waals surface area contributed by atoms with Crippen molar-refractivity contribution in [1.29, 1.82) is 0 Å². The van der Waals surface area contributed by atoms with Gasteiger partial charge in [-0.2, -0.15) is 0 Å². The van der Waals surface area contributed by atoms with Gasteiger partial charge in [-0.25, -0.2) is 4.79 Å². The molecule has 4 heteroatoms. The Morgan fingerprint density at radius 3 is 2.30 bits per heavy atom. The summed E-state index contributed by atoms with van der Waals surface area (Å²) in [5.74, 6) is 0. The molecule has 0 atom stereocenters. The fraction of sp³-hybridized carbons (Fsp3) is 0.833. The maximum atomic E-state index is 11.0. The zero-order chi connectivity index (χ0) is 7.98. The van der Waals surface area contributed by atoms with Gasteiger partial charge in [0, 0.05) is 19.3 Å². The molecule has 0 aliphatic carbocycles. The highest BCUT2D eigenvalue weighted by atomic mass is 32.2. The summed E-state index contributed by atoms with van der Waals surface area (Å²) in [6.45, 7) is 5.46. The highest BCUT2D eigenvalue weighted by Crippen LogP contribution is 1.91. The van der Waals surface area contributed by atoms with Crippen molar-refractivity contribution in [2.45, 2.75) is 13.8 Å². The number of urea groups is 1. The number of amides is 2. The van der Waals surface area contributed by atoms with Crippen molar-refractivity contribution in [1.82, 2.24) is 9.62 Å². The van der Waals surface area contributed by atoms with Crippen LogP contribution in [0.4, 0.5) is 4.79 Å². The third-order valence-corrected chi connectivity index (χ3v) is 1.62. The Bertz CT molecular complexity index is 104. The van der Waals surface area contributed by atoms with Crippen LogP contribution in [-0.4, -0.2) is 30.3 Å². The van der Waals surface area contributed by atoms with E-state index < -0.39 is 0 Å². The van der Waals surface area contributed by atoms with Gasteiger partial charge in [0.15, 0.2) is 0 Å². The van der Waals surface area contributed by atoms with Crippen LogP contribution in [0, 0.1) is 0 Å². The van der Waals surface area contributed by atoms with Crippen molar-refractivity contribution >= 4 is 18.0 Å². The normalized spacial score (nSPS) is 9.10. The molecule has 0 rings (SSSR count). The average Bonchev–Trinajstić information content (AvgIpc) is 1.91. The second-order valence-corrected chi connectivity index (χ2v) is 2.40. The van der Waals surface area contributed by atoms with Gasteiger partial charge < -0.3 is 4.90 Å². The monoisotopic (exact) mass is 162 g/mol. The maximum Gasteiger partial charge on any atom is 0.327 e. The minimum Gasteiger partial charge on any atom is -0.325 e. The van der Waals surface area contributed by atoms with Gasteiger partial charge in [0.2, 0.25) is 0 Å². The largest absolute Gasteiger partial charge is 0.327 e. The van der Waals surface area contributed by atoms with Gasteiger partial charge in [-0.05, 0) is 13.8 Å². The van der Waals surface area contributed by atoms with E-state index in [-0.39, 0.29) is 6.03 Å². The Morgan fingerprint density at radius 1 is 1.50 bits per heavy atom. The van der Waals surface area contributed by atoms with Gasteiger partial charge in [0.1, 0.15) is 0 Å². The molecule has 1 N–H and O–H groups in total. The Kier molecular flexibility index (Phi) is 5.20. The SMILES string of the molecule is CCN(CC)C(=O)NSC. The number of nitrogens with zero attached hydrogens (tertiary/aromatic N) is 1. The van der Waals surface area contributed by atoms with Crippen molar-refractivity contribution in [3.63, 3.8) is 0 Å². The van der Waals surface area contributed by atoms with Crippen molar-refractivity contribution < 1.29 is 4.79 Å². The molecule has 2 amide bonds. The topological polar surface area (TPSA) is 32.3 Å². The summed E-state index contributed by atoms with van der Waals surface area (Å²) in [7, 11) is 0. The quantitative estimate of drug-likeness (QED) is 0.635. The minimum absolute atomic E-state index is 0.00231. The average molecular weight is 162 g/mol. The molecule has 60 valence electrons. The lowest BCUT2D eigenvalue weighted by Gasteiger charge is -2.17. The fourth-order valence-electron chi connectivity index (χ4n) is 0.663. The second-order valence-electron chi connectivity index (χ2n) is 1.78. The van der Waals surface area contributed by atoms with Crippen LogP contribution in [0.2, 0.25) is 0 Å². The zero-order valence-electron chi connectivity index (χ0n) is 6.68. The summed E-state index contributed by atoms with van der Waals surface area (Å²) >= 11 is 1.33. The van der Waals surface area contributed by atoms with Crippen LogP contribution in [0.25, 0.3) is 0 Å². The Labute approximate surface area is 66.3 Å². The Hall–Kier alpha value is -0.380. The van der Waals surface area contributed by atoms with Crippen LogP contribution < -0.4 is 4.72 Å². The van der Waals surface area contributed by atoms with Gasteiger partial charge >= 0.3 is 6.03 Å². The van der Waals surface area contributed by atoms with Crippen LogP contribution in [0.5, 0.6) is 0 Å². The number of hydrogen-bond acceptors (Lipinski definition) is 2. The molecule has 0 heterocycles. The first-order chi connectivity index (χ1) is 4.76. The molecule has 0 unspecified atom stereocenters. The molecule has 0 radical (unpaired) electrons. The summed E-state index contributed by atoms with van der Waals surface area (Å²) in [5, 5.41) is 0. The van der Waals surface area contributed by atoms with Crippen LogP contribution in [0.1, 0.15) is 13.8 Å². The van der Waals surface area contributed by atoms with Crippen molar-refractivity contribution in [3.8, 4) is 0 Å². The van der Waals surface area contributed by atoms with Gasteiger partial charge in [0.25, 0.3) is 0 Å². The highest BCUT2D eigenvalue weighted by Gasteiger charge is 2.05. The lowest BCUT2D eigenvalue weighted by Crippen LogP contribution is -2.36. The first-order valence-electron chi connectivity index (χ1n) is 3.34. The van der Waals surface area contributed by atoms with Crippen molar-refractivity contribution in [2.24, 2.45) is 0 Å². The third kappa shape index (κ3) is 2.96. The summed E-state index contributed by atoms with van der Waals surface area (Å²) in [6.07, 6.45) is 1.83. The number of carbonyl (C=O) groups excluding carboxylic acids is 1. The number of carbonyl (C=O) groups is 1. The van der Waals surface area contributed by atoms with Crippen molar-refractivity contribution in [2.75, 3.05) is 19.3 Å². The molecule has 0 bridgehead atoms. The van der Waals surface area contributed by atoms with Gasteiger partial charge in [-0.3, -0.25) is 4.72 Å². The van der Waals surface area contributed by atoms with Crippen LogP contribution in [0.3, 0.4) is 0 Å². The van der Waals surface area contributed by atoms with Crippen LogP contribution in [0.15, 0.2) is 0 Å². The predicted molar refractivity (Wildman–Crippen MR) is 45.0 cm³/mol. The molecule has 0 aromatic carbocycles. The first-order valence-corrected chi connectivity index (χ1v) is 4.56. The highest BCUT2D eigenvalue weighted by molar-refractivity contribution is 7.97. The number of rotatable bonds is 3. The Balaban J connectivity index is 3.65. The molecule has 0 fully saturated rings. The standard InChI is InChI=1S/C6H14N2OS/c1-4-8(5-2)6(9)7-10-3/h4-5H2,1-3H3,(H,7,9). The fourth-order valence-corrected chi connectivity index (χ4v) is 0.966. The molecular formula is C6H14N2OS. The summed E-state index contributed by atoms with van der Waals surface area (Å²) in [4.78, 5) is 12.7. The van der Waals surface area contributed by atoms with E-state index in [9.17, 15) is 4.79 Å². The molecule has 0 aromatic heterocycles. The predicted octanol–water partition coefficient (Wildman–Crippen LogP) is 1.32. The molecule has 0 aliphatic rings. The van der Waals surface area contributed by atoms with E-state index in [1.54, 1.807) is 4.90 Å². The molecule has 10 heavy (non-hydrogen) atoms. The molecule has 0 aliphatic heterocycles. The summed E-state index contributed by atoms with van der Waals surface area (Å²) in [6, 6.07) is -0.00231. The number of hydrogen-bond donors (Lipinski definition) is 1. The van der Waals surface area contributed by atoms with E-state index in [0.717, 1.165) is 13.1 Å². The lowest BCUT2D eigenvalue weighted by molar-refractivity contribution is 0.210.